The quantitative estimate of drug-likeness (QED) is 0.746. The second-order valence-corrected chi connectivity index (χ2v) is 8.84. The van der Waals surface area contributed by atoms with Crippen molar-refractivity contribution < 1.29 is 21.6 Å². The fraction of sp³-hybridized carbons (Fsp3) is 0.333. The van der Waals surface area contributed by atoms with Gasteiger partial charge in [0.2, 0.25) is 0 Å². The Morgan fingerprint density at radius 2 is 1.96 bits per heavy atom. The minimum atomic E-state index is -4.53. The van der Waals surface area contributed by atoms with E-state index in [0.717, 1.165) is 40.8 Å². The summed E-state index contributed by atoms with van der Waals surface area (Å²) in [6, 6.07) is 7.56. The number of anilines is 1. The van der Waals surface area contributed by atoms with Crippen molar-refractivity contribution >= 4 is 27.0 Å². The Hall–Kier alpha value is -1.62. The summed E-state index contributed by atoms with van der Waals surface area (Å²) in [6.07, 6.45) is -3.71. The molecule has 1 saturated heterocycles. The van der Waals surface area contributed by atoms with E-state index < -0.39 is 21.8 Å². The van der Waals surface area contributed by atoms with Crippen molar-refractivity contribution in [3.05, 3.63) is 46.8 Å². The van der Waals surface area contributed by atoms with Gasteiger partial charge in [-0.1, -0.05) is 6.07 Å². The molecule has 10 heteroatoms. The third-order valence-electron chi connectivity index (χ3n) is 3.75. The summed E-state index contributed by atoms with van der Waals surface area (Å²) in [7, 11) is -3.94. The maximum atomic E-state index is 12.7. The summed E-state index contributed by atoms with van der Waals surface area (Å²) in [5.41, 5.74) is 5.11. The molecule has 0 spiro atoms. The van der Waals surface area contributed by atoms with Crippen molar-refractivity contribution in [2.45, 2.75) is 35.8 Å². The second-order valence-electron chi connectivity index (χ2n) is 5.82. The van der Waals surface area contributed by atoms with E-state index >= 15 is 0 Å². The van der Waals surface area contributed by atoms with Crippen LogP contribution in [0.25, 0.3) is 0 Å². The third kappa shape index (κ3) is 4.14. The van der Waals surface area contributed by atoms with Gasteiger partial charge in [-0.05, 0) is 43.7 Å². The van der Waals surface area contributed by atoms with Crippen molar-refractivity contribution in [1.29, 1.82) is 0 Å². The highest BCUT2D eigenvalue weighted by Crippen LogP contribution is 2.33. The van der Waals surface area contributed by atoms with Crippen molar-refractivity contribution in [2.75, 3.05) is 4.72 Å². The minimum absolute atomic E-state index is 0.0116. The molecule has 1 fully saturated rings. The maximum Gasteiger partial charge on any atom is 0.416 e. The number of alkyl halides is 3. The summed E-state index contributed by atoms with van der Waals surface area (Å²) in [5.74, 6) is 0. The van der Waals surface area contributed by atoms with Crippen molar-refractivity contribution in [3.8, 4) is 0 Å². The summed E-state index contributed by atoms with van der Waals surface area (Å²) < 4.78 is 65.4. The normalized spacial score (nSPS) is 21.4. The highest BCUT2D eigenvalue weighted by Gasteiger charge is 2.31. The van der Waals surface area contributed by atoms with E-state index in [1.165, 1.54) is 12.1 Å². The fourth-order valence-corrected chi connectivity index (χ4v) is 4.97. The van der Waals surface area contributed by atoms with Gasteiger partial charge in [0, 0.05) is 16.6 Å². The number of rotatable bonds is 4. The zero-order valence-corrected chi connectivity index (χ0v) is 14.7. The highest BCUT2D eigenvalue weighted by molar-refractivity contribution is 7.94. The molecule has 1 aromatic carbocycles. The highest BCUT2D eigenvalue weighted by atomic mass is 32.2. The van der Waals surface area contributed by atoms with Gasteiger partial charge in [-0.25, -0.2) is 13.8 Å². The number of benzene rings is 1. The molecular weight excluding hydrogens is 375 g/mol. The van der Waals surface area contributed by atoms with Gasteiger partial charge in [0.15, 0.2) is 0 Å². The number of nitrogens with one attached hydrogen (secondary N) is 3. The molecule has 2 aromatic rings. The topological polar surface area (TPSA) is 70.2 Å². The lowest BCUT2D eigenvalue weighted by atomic mass is 10.1. The Balaban J connectivity index is 1.80. The van der Waals surface area contributed by atoms with Crippen LogP contribution in [0.15, 0.2) is 40.6 Å². The van der Waals surface area contributed by atoms with Gasteiger partial charge in [0.05, 0.1) is 11.6 Å². The van der Waals surface area contributed by atoms with Crippen LogP contribution in [0.1, 0.15) is 29.8 Å². The molecule has 2 heterocycles. The van der Waals surface area contributed by atoms with Crippen LogP contribution in [-0.4, -0.2) is 14.5 Å². The van der Waals surface area contributed by atoms with E-state index in [0.29, 0.717) is 0 Å². The first-order valence-corrected chi connectivity index (χ1v) is 9.76. The molecule has 0 saturated carbocycles. The van der Waals surface area contributed by atoms with Crippen LogP contribution in [0.4, 0.5) is 18.9 Å². The van der Waals surface area contributed by atoms with Gasteiger partial charge < -0.3 is 0 Å². The van der Waals surface area contributed by atoms with Crippen molar-refractivity contribution in [2.24, 2.45) is 0 Å². The molecule has 0 aliphatic carbocycles. The molecule has 1 aliphatic rings. The Kier molecular flexibility index (Phi) is 4.80. The monoisotopic (exact) mass is 391 g/mol. The van der Waals surface area contributed by atoms with E-state index in [4.69, 9.17) is 0 Å². The summed E-state index contributed by atoms with van der Waals surface area (Å²) in [4.78, 5) is 0.848. The van der Waals surface area contributed by atoms with Crippen LogP contribution in [0.2, 0.25) is 0 Å². The number of halogens is 3. The van der Waals surface area contributed by atoms with Crippen LogP contribution < -0.4 is 15.6 Å². The van der Waals surface area contributed by atoms with Gasteiger partial charge in [0.25, 0.3) is 10.0 Å². The molecule has 136 valence electrons. The van der Waals surface area contributed by atoms with Gasteiger partial charge in [-0.3, -0.25) is 10.1 Å². The van der Waals surface area contributed by atoms with Gasteiger partial charge >= 0.3 is 6.18 Å². The average Bonchev–Trinajstić information content (AvgIpc) is 3.15. The Morgan fingerprint density at radius 3 is 2.60 bits per heavy atom. The van der Waals surface area contributed by atoms with Gasteiger partial charge in [0.1, 0.15) is 4.21 Å². The molecule has 2 atom stereocenters. The molecule has 0 amide bonds. The van der Waals surface area contributed by atoms with E-state index in [-0.39, 0.29) is 22.0 Å². The van der Waals surface area contributed by atoms with Crippen molar-refractivity contribution in [3.63, 3.8) is 0 Å². The first-order valence-electron chi connectivity index (χ1n) is 7.46. The number of hydrogen-bond donors (Lipinski definition) is 3. The summed E-state index contributed by atoms with van der Waals surface area (Å²) in [6.45, 7) is 2.01. The molecular formula is C15H16F3N3O2S2. The molecule has 5 nitrogen and oxygen atoms in total. The lowest BCUT2D eigenvalue weighted by Crippen LogP contribution is -2.28. The zero-order valence-electron chi connectivity index (χ0n) is 13.1. The first-order chi connectivity index (χ1) is 11.6. The van der Waals surface area contributed by atoms with Gasteiger partial charge in [-0.2, -0.15) is 13.2 Å². The minimum Gasteiger partial charge on any atom is -0.279 e. The third-order valence-corrected chi connectivity index (χ3v) is 6.82. The van der Waals surface area contributed by atoms with Crippen LogP contribution in [0.5, 0.6) is 0 Å². The first kappa shape index (κ1) is 18.2. The van der Waals surface area contributed by atoms with Crippen LogP contribution in [0.3, 0.4) is 0 Å². The lowest BCUT2D eigenvalue weighted by molar-refractivity contribution is -0.137. The Morgan fingerprint density at radius 1 is 1.20 bits per heavy atom. The standard InChI is InChI=1S/C15H16F3N3O2S2/c1-9-7-12(20-19-9)13-5-6-14(24-13)25(22,23)21-11-4-2-3-10(8-11)15(16,17)18/h2-6,8-9,12,19-21H,7H2,1H3. The Labute approximate surface area is 147 Å². The molecule has 0 radical (unpaired) electrons. The van der Waals surface area contributed by atoms with Crippen LogP contribution in [0, 0.1) is 0 Å². The molecule has 2 unspecified atom stereocenters. The summed E-state index contributed by atoms with van der Waals surface area (Å²) >= 11 is 1.09. The zero-order chi connectivity index (χ0) is 18.2. The van der Waals surface area contributed by atoms with E-state index in [1.807, 2.05) is 6.92 Å². The SMILES string of the molecule is CC1CC(c2ccc(S(=O)(=O)Nc3cccc(C(F)(F)F)c3)s2)NN1. The number of thiophene rings is 1. The average molecular weight is 391 g/mol. The number of sulfonamides is 1. The number of hydrazine groups is 1. The van der Waals surface area contributed by atoms with E-state index in [2.05, 4.69) is 15.6 Å². The number of hydrogen-bond acceptors (Lipinski definition) is 5. The van der Waals surface area contributed by atoms with Gasteiger partial charge in [-0.15, -0.1) is 11.3 Å². The largest absolute Gasteiger partial charge is 0.416 e. The van der Waals surface area contributed by atoms with Crippen molar-refractivity contribution in [1.82, 2.24) is 10.9 Å². The van der Waals surface area contributed by atoms with Crippen LogP contribution >= 0.6 is 11.3 Å². The molecule has 3 N–H and O–H groups in total. The van der Waals surface area contributed by atoms with E-state index in [9.17, 15) is 21.6 Å². The fourth-order valence-electron chi connectivity index (χ4n) is 2.53. The van der Waals surface area contributed by atoms with E-state index in [1.54, 1.807) is 6.07 Å². The molecule has 1 aliphatic heterocycles. The molecule has 0 bridgehead atoms. The summed E-state index contributed by atoms with van der Waals surface area (Å²) in [5, 5.41) is 0. The lowest BCUT2D eigenvalue weighted by Gasteiger charge is -2.10. The predicted octanol–water partition coefficient (Wildman–Crippen LogP) is 3.50. The maximum absolute atomic E-state index is 12.7. The van der Waals surface area contributed by atoms with Crippen LogP contribution in [-0.2, 0) is 16.2 Å². The molecule has 25 heavy (non-hydrogen) atoms. The smallest absolute Gasteiger partial charge is 0.279 e. The predicted molar refractivity (Wildman–Crippen MR) is 89.7 cm³/mol. The second kappa shape index (κ2) is 6.60. The Bertz CT molecular complexity index is 865. The molecule has 3 rings (SSSR count). The molecule has 1 aromatic heterocycles.